The summed E-state index contributed by atoms with van der Waals surface area (Å²) in [6.07, 6.45) is 3.24. The first-order valence-corrected chi connectivity index (χ1v) is 12.3. The van der Waals surface area contributed by atoms with Crippen LogP contribution in [0, 0.1) is 24.2 Å². The molecule has 180 valence electrons. The fraction of sp³-hybridized carbons (Fsp3) is 0.773. The van der Waals surface area contributed by atoms with E-state index in [0.717, 1.165) is 6.42 Å². The Labute approximate surface area is 191 Å². The average Bonchev–Trinajstić information content (AvgIpc) is 3.04. The number of hydrogen-bond donors (Lipinski definition) is 1. The zero-order chi connectivity index (χ0) is 24.1. The minimum atomic E-state index is -1.39. The third kappa shape index (κ3) is 6.06. The highest BCUT2D eigenvalue weighted by Gasteiger charge is 2.47. The van der Waals surface area contributed by atoms with E-state index < -0.39 is 19.8 Å². The van der Waals surface area contributed by atoms with Gasteiger partial charge in [-0.05, 0) is 53.4 Å². The van der Waals surface area contributed by atoms with Gasteiger partial charge >= 0.3 is 5.69 Å². The number of nitrogens with one attached hydrogen (secondary N) is 1. The van der Waals surface area contributed by atoms with Crippen molar-refractivity contribution in [1.29, 1.82) is 5.26 Å². The predicted octanol–water partition coefficient (Wildman–Crippen LogP) is 3.49. The van der Waals surface area contributed by atoms with Crippen LogP contribution in [0.3, 0.4) is 0 Å². The Kier molecular flexibility index (Phi) is 9.62. The molecule has 1 aromatic heterocycles. The molecule has 0 spiro atoms. The summed E-state index contributed by atoms with van der Waals surface area (Å²) in [7, 11) is 0.286. The van der Waals surface area contributed by atoms with Crippen LogP contribution in [-0.4, -0.2) is 52.2 Å². The number of aryl methyl sites for hydroxylation is 1. The first-order chi connectivity index (χ1) is 15.1. The van der Waals surface area contributed by atoms with E-state index in [-0.39, 0.29) is 29.6 Å². The van der Waals surface area contributed by atoms with E-state index in [4.69, 9.17) is 19.0 Å². The minimum Gasteiger partial charge on any atom is -0.375 e. The van der Waals surface area contributed by atoms with Gasteiger partial charge in [0.25, 0.3) is 14.1 Å². The van der Waals surface area contributed by atoms with E-state index in [0.29, 0.717) is 31.6 Å². The third-order valence-corrected chi connectivity index (χ3v) is 8.19. The van der Waals surface area contributed by atoms with E-state index in [1.165, 1.54) is 0 Å². The summed E-state index contributed by atoms with van der Waals surface area (Å²) in [4.78, 5) is 26.6. The smallest absolute Gasteiger partial charge is 0.328 e. The van der Waals surface area contributed by atoms with Gasteiger partial charge in [0.2, 0.25) is 0 Å². The van der Waals surface area contributed by atoms with Crippen molar-refractivity contribution in [2.75, 3.05) is 20.3 Å². The SMILES string of the molecule is CO[C@]1(COP(OCCC#N)N(C(C)C)C(C)C)C[C@H](n2cc(C)c(=O)[nH]c2=O)C[C@H]1C. The molecule has 0 amide bonds. The molecule has 1 heterocycles. The van der Waals surface area contributed by atoms with Crippen molar-refractivity contribution < 1.29 is 13.8 Å². The number of nitrogens with zero attached hydrogens (tertiary/aromatic N) is 3. The van der Waals surface area contributed by atoms with Crippen LogP contribution >= 0.6 is 8.53 Å². The van der Waals surface area contributed by atoms with Crippen LogP contribution in [-0.2, 0) is 13.8 Å². The number of hydrogen-bond acceptors (Lipinski definition) is 7. The van der Waals surface area contributed by atoms with Gasteiger partial charge in [0.05, 0.1) is 31.3 Å². The number of H-pyrrole nitrogens is 1. The van der Waals surface area contributed by atoms with Crippen molar-refractivity contribution >= 4 is 8.53 Å². The molecule has 1 aliphatic carbocycles. The number of aromatic amines is 1. The largest absolute Gasteiger partial charge is 0.375 e. The van der Waals surface area contributed by atoms with E-state index in [2.05, 4.69) is 50.3 Å². The molecular formula is C22H37N4O5P. The Bertz CT molecular complexity index is 901. The summed E-state index contributed by atoms with van der Waals surface area (Å²) >= 11 is 0. The molecule has 9 nitrogen and oxygen atoms in total. The predicted molar refractivity (Wildman–Crippen MR) is 124 cm³/mol. The molecule has 0 radical (unpaired) electrons. The van der Waals surface area contributed by atoms with Crippen molar-refractivity contribution in [3.05, 3.63) is 32.6 Å². The summed E-state index contributed by atoms with van der Waals surface area (Å²) in [6, 6.07) is 2.42. The minimum absolute atomic E-state index is 0.103. The monoisotopic (exact) mass is 468 g/mol. The Balaban J connectivity index is 2.23. The standard InChI is InChI=1S/C22H37N4O5P/c1-15(2)26(16(3)4)32(30-10-8-9-23)31-14-22(29-7)12-19(11-18(22)6)25-13-17(5)20(27)24-21(25)28/h13,15-16,18-19H,8,10-12,14H2,1-7H3,(H,24,27,28)/t18-,19-,22+,32?/m1/s1. The second kappa shape index (κ2) is 11.5. The maximum absolute atomic E-state index is 12.4. The molecule has 1 fully saturated rings. The highest BCUT2D eigenvalue weighted by molar-refractivity contribution is 7.44. The van der Waals surface area contributed by atoms with Crippen LogP contribution in [0.15, 0.2) is 15.8 Å². The van der Waals surface area contributed by atoms with E-state index >= 15 is 0 Å². The zero-order valence-corrected chi connectivity index (χ0v) is 21.1. The van der Waals surface area contributed by atoms with Crippen LogP contribution in [0.2, 0.25) is 0 Å². The van der Waals surface area contributed by atoms with Gasteiger partial charge in [-0.15, -0.1) is 0 Å². The number of nitriles is 1. The molecule has 0 aliphatic heterocycles. The zero-order valence-electron chi connectivity index (χ0n) is 20.3. The normalized spacial score (nSPS) is 24.4. The topological polar surface area (TPSA) is 110 Å². The molecule has 4 atom stereocenters. The fourth-order valence-electron chi connectivity index (χ4n) is 4.40. The van der Waals surface area contributed by atoms with Gasteiger partial charge in [0.15, 0.2) is 0 Å². The highest BCUT2D eigenvalue weighted by atomic mass is 31.2. The first kappa shape index (κ1) is 26.7. The third-order valence-electron chi connectivity index (χ3n) is 6.13. The Morgan fingerprint density at radius 3 is 2.53 bits per heavy atom. The lowest BCUT2D eigenvalue weighted by atomic mass is 9.93. The summed E-state index contributed by atoms with van der Waals surface area (Å²) in [5.41, 5.74) is -0.852. The lowest BCUT2D eigenvalue weighted by Crippen LogP contribution is -2.41. The van der Waals surface area contributed by atoms with Crippen LogP contribution in [0.4, 0.5) is 0 Å². The molecule has 32 heavy (non-hydrogen) atoms. The van der Waals surface area contributed by atoms with Gasteiger partial charge in [0.1, 0.15) is 0 Å². The Morgan fingerprint density at radius 1 is 1.31 bits per heavy atom. The summed E-state index contributed by atoms with van der Waals surface area (Å²) in [5.74, 6) is 0.124. The van der Waals surface area contributed by atoms with E-state index in [1.807, 2.05) is 0 Å². The first-order valence-electron chi connectivity index (χ1n) is 11.1. The molecule has 1 N–H and O–H groups in total. The summed E-state index contributed by atoms with van der Waals surface area (Å²) < 4.78 is 22.2. The number of rotatable bonds is 11. The Hall–Kier alpha value is -1.56. The summed E-state index contributed by atoms with van der Waals surface area (Å²) in [5, 5.41) is 8.90. The van der Waals surface area contributed by atoms with Gasteiger partial charge in [-0.25, -0.2) is 9.46 Å². The van der Waals surface area contributed by atoms with Gasteiger partial charge in [0, 0.05) is 37.0 Å². The Morgan fingerprint density at radius 2 is 1.97 bits per heavy atom. The van der Waals surface area contributed by atoms with Crippen LogP contribution in [0.5, 0.6) is 0 Å². The van der Waals surface area contributed by atoms with Crippen molar-refractivity contribution in [2.45, 2.75) is 84.5 Å². The molecule has 1 saturated carbocycles. The molecule has 1 unspecified atom stereocenters. The van der Waals surface area contributed by atoms with Crippen LogP contribution in [0.1, 0.15) is 65.5 Å². The second-order valence-corrected chi connectivity index (χ2v) is 10.5. The van der Waals surface area contributed by atoms with Gasteiger partial charge in [-0.1, -0.05) is 6.92 Å². The molecule has 0 aromatic carbocycles. The van der Waals surface area contributed by atoms with Crippen molar-refractivity contribution in [1.82, 2.24) is 14.2 Å². The van der Waals surface area contributed by atoms with Crippen LogP contribution < -0.4 is 11.2 Å². The van der Waals surface area contributed by atoms with E-state index in [1.54, 1.807) is 24.8 Å². The van der Waals surface area contributed by atoms with Crippen molar-refractivity contribution in [2.24, 2.45) is 5.92 Å². The van der Waals surface area contributed by atoms with Crippen molar-refractivity contribution in [3.8, 4) is 6.07 Å². The number of aromatic nitrogens is 2. The molecule has 0 bridgehead atoms. The molecular weight excluding hydrogens is 431 g/mol. The molecule has 0 saturated heterocycles. The van der Waals surface area contributed by atoms with Gasteiger partial charge < -0.3 is 13.8 Å². The summed E-state index contributed by atoms with van der Waals surface area (Å²) in [6.45, 7) is 12.8. The van der Waals surface area contributed by atoms with Gasteiger partial charge in [-0.2, -0.15) is 5.26 Å². The van der Waals surface area contributed by atoms with Crippen molar-refractivity contribution in [3.63, 3.8) is 0 Å². The molecule has 1 aliphatic rings. The molecule has 2 rings (SSSR count). The lowest BCUT2D eigenvalue weighted by Gasteiger charge is -2.39. The second-order valence-electron chi connectivity index (χ2n) is 9.06. The fourth-order valence-corrected chi connectivity index (χ4v) is 6.07. The maximum Gasteiger partial charge on any atom is 0.328 e. The number of ether oxygens (including phenoxy) is 1. The van der Waals surface area contributed by atoms with E-state index in [9.17, 15) is 9.59 Å². The van der Waals surface area contributed by atoms with Crippen LogP contribution in [0.25, 0.3) is 0 Å². The quantitative estimate of drug-likeness (QED) is 0.391. The number of methoxy groups -OCH3 is 1. The molecule has 10 heteroatoms. The lowest BCUT2D eigenvalue weighted by molar-refractivity contribution is -0.0709. The highest BCUT2D eigenvalue weighted by Crippen LogP contribution is 2.50. The maximum atomic E-state index is 12.4. The molecule has 1 aromatic rings. The van der Waals surface area contributed by atoms with Gasteiger partial charge in [-0.3, -0.25) is 14.3 Å². The average molecular weight is 469 g/mol.